The SMILES string of the molecule is CN(C)C1CCN(c2ccc(C(=O)O)c(C(F)(F)F)c2)C1. The number of benzene rings is 1. The van der Waals surface area contributed by atoms with Gasteiger partial charge in [-0.05, 0) is 38.7 Å². The molecule has 116 valence electrons. The Balaban J connectivity index is 2.33. The van der Waals surface area contributed by atoms with E-state index in [9.17, 15) is 18.0 Å². The Bertz CT molecular complexity index is 544. The van der Waals surface area contributed by atoms with Crippen molar-refractivity contribution in [1.29, 1.82) is 0 Å². The predicted octanol–water partition coefficient (Wildman–Crippen LogP) is 2.54. The van der Waals surface area contributed by atoms with Gasteiger partial charge >= 0.3 is 12.1 Å². The number of carboxylic acid groups (broad SMARTS) is 1. The lowest BCUT2D eigenvalue weighted by atomic mass is 10.1. The lowest BCUT2D eigenvalue weighted by molar-refractivity contribution is -0.138. The number of aromatic carboxylic acids is 1. The number of carboxylic acids is 1. The van der Waals surface area contributed by atoms with E-state index in [0.29, 0.717) is 24.8 Å². The Hall–Kier alpha value is -1.76. The molecule has 0 aromatic heterocycles. The number of rotatable bonds is 3. The fourth-order valence-electron chi connectivity index (χ4n) is 2.55. The molecule has 0 bridgehead atoms. The van der Waals surface area contributed by atoms with Crippen LogP contribution in [0.15, 0.2) is 18.2 Å². The monoisotopic (exact) mass is 302 g/mol. The second-order valence-corrected chi connectivity index (χ2v) is 5.38. The molecule has 0 radical (unpaired) electrons. The first-order valence-corrected chi connectivity index (χ1v) is 6.56. The molecule has 4 nitrogen and oxygen atoms in total. The summed E-state index contributed by atoms with van der Waals surface area (Å²) in [6.07, 6.45) is -3.81. The Morgan fingerprint density at radius 1 is 1.38 bits per heavy atom. The highest BCUT2D eigenvalue weighted by atomic mass is 19.4. The van der Waals surface area contributed by atoms with Gasteiger partial charge in [0.1, 0.15) is 0 Å². The van der Waals surface area contributed by atoms with E-state index in [1.165, 1.54) is 6.07 Å². The lowest BCUT2D eigenvalue weighted by Crippen LogP contribution is -2.31. The van der Waals surface area contributed by atoms with Crippen LogP contribution in [-0.2, 0) is 6.18 Å². The first-order valence-electron chi connectivity index (χ1n) is 6.56. The van der Waals surface area contributed by atoms with Gasteiger partial charge in [-0.15, -0.1) is 0 Å². The summed E-state index contributed by atoms with van der Waals surface area (Å²) in [6.45, 7) is 1.29. The maximum atomic E-state index is 13.0. The minimum atomic E-state index is -4.68. The van der Waals surface area contributed by atoms with Crippen molar-refractivity contribution in [3.63, 3.8) is 0 Å². The van der Waals surface area contributed by atoms with E-state index in [-0.39, 0.29) is 0 Å². The van der Waals surface area contributed by atoms with E-state index in [1.807, 2.05) is 23.9 Å². The van der Waals surface area contributed by atoms with Crippen LogP contribution in [0.25, 0.3) is 0 Å². The molecule has 1 unspecified atom stereocenters. The third-order valence-electron chi connectivity index (χ3n) is 3.80. The summed E-state index contributed by atoms with van der Waals surface area (Å²) in [5, 5.41) is 8.88. The van der Waals surface area contributed by atoms with Crippen molar-refractivity contribution in [3.05, 3.63) is 29.3 Å². The molecule has 1 aliphatic heterocycles. The molecule has 1 aliphatic rings. The average Bonchev–Trinajstić information content (AvgIpc) is 2.86. The maximum absolute atomic E-state index is 13.0. The maximum Gasteiger partial charge on any atom is 0.417 e. The van der Waals surface area contributed by atoms with Gasteiger partial charge in [-0.25, -0.2) is 4.79 Å². The van der Waals surface area contributed by atoms with Crippen LogP contribution in [0.2, 0.25) is 0 Å². The van der Waals surface area contributed by atoms with Gasteiger partial charge in [0.2, 0.25) is 0 Å². The molecule has 2 rings (SSSR count). The molecule has 0 amide bonds. The van der Waals surface area contributed by atoms with Gasteiger partial charge in [0, 0.05) is 24.8 Å². The summed E-state index contributed by atoms with van der Waals surface area (Å²) in [5.74, 6) is -1.57. The molecule has 1 heterocycles. The molecular formula is C14H17F3N2O2. The van der Waals surface area contributed by atoms with Crippen molar-refractivity contribution < 1.29 is 23.1 Å². The molecule has 0 spiro atoms. The molecular weight excluding hydrogens is 285 g/mol. The van der Waals surface area contributed by atoms with E-state index in [0.717, 1.165) is 18.6 Å². The molecule has 1 N–H and O–H groups in total. The zero-order valence-corrected chi connectivity index (χ0v) is 11.8. The van der Waals surface area contributed by atoms with Crippen LogP contribution in [-0.4, -0.2) is 49.2 Å². The largest absolute Gasteiger partial charge is 0.478 e. The number of carbonyl (C=O) groups is 1. The van der Waals surface area contributed by atoms with Crippen LogP contribution in [0.1, 0.15) is 22.3 Å². The third kappa shape index (κ3) is 3.29. The molecule has 1 aromatic rings. The number of likely N-dealkylation sites (N-methyl/N-ethyl adjacent to an activating group) is 1. The van der Waals surface area contributed by atoms with E-state index in [2.05, 4.69) is 0 Å². The summed E-state index contributed by atoms with van der Waals surface area (Å²) in [5.41, 5.74) is -1.40. The normalized spacial score (nSPS) is 19.3. The fraction of sp³-hybridized carbons (Fsp3) is 0.500. The van der Waals surface area contributed by atoms with Crippen LogP contribution in [0.4, 0.5) is 18.9 Å². The highest BCUT2D eigenvalue weighted by Gasteiger charge is 2.36. The molecule has 7 heteroatoms. The smallest absolute Gasteiger partial charge is 0.417 e. The van der Waals surface area contributed by atoms with Gasteiger partial charge in [-0.1, -0.05) is 0 Å². The van der Waals surface area contributed by atoms with Gasteiger partial charge in [0.25, 0.3) is 0 Å². The minimum Gasteiger partial charge on any atom is -0.478 e. The van der Waals surface area contributed by atoms with Gasteiger partial charge in [-0.2, -0.15) is 13.2 Å². The summed E-state index contributed by atoms with van der Waals surface area (Å²) >= 11 is 0. The predicted molar refractivity (Wildman–Crippen MR) is 72.7 cm³/mol. The van der Waals surface area contributed by atoms with Crippen molar-refractivity contribution in [2.24, 2.45) is 0 Å². The Kier molecular flexibility index (Phi) is 4.13. The zero-order chi connectivity index (χ0) is 15.8. The zero-order valence-electron chi connectivity index (χ0n) is 11.8. The van der Waals surface area contributed by atoms with Crippen molar-refractivity contribution >= 4 is 11.7 Å². The molecule has 0 saturated carbocycles. The highest BCUT2D eigenvalue weighted by Crippen LogP contribution is 2.35. The second kappa shape index (κ2) is 5.55. The molecule has 0 aliphatic carbocycles. The summed E-state index contributed by atoms with van der Waals surface area (Å²) < 4.78 is 39.0. The summed E-state index contributed by atoms with van der Waals surface area (Å²) in [7, 11) is 3.87. The molecule has 1 fully saturated rings. The second-order valence-electron chi connectivity index (χ2n) is 5.38. The number of halogens is 3. The number of hydrogen-bond donors (Lipinski definition) is 1. The van der Waals surface area contributed by atoms with E-state index < -0.39 is 23.3 Å². The van der Waals surface area contributed by atoms with Gasteiger partial charge in [0.15, 0.2) is 0 Å². The molecule has 1 saturated heterocycles. The van der Waals surface area contributed by atoms with Crippen LogP contribution in [0.5, 0.6) is 0 Å². The molecule has 21 heavy (non-hydrogen) atoms. The first-order chi connectivity index (χ1) is 9.70. The standard InChI is InChI=1S/C14H17F3N2O2/c1-18(2)10-5-6-19(8-10)9-3-4-11(13(20)21)12(7-9)14(15,16)17/h3-4,7,10H,5-6,8H2,1-2H3,(H,20,21). The quantitative estimate of drug-likeness (QED) is 0.932. The number of anilines is 1. The summed E-state index contributed by atoms with van der Waals surface area (Å²) in [6, 6.07) is 3.69. The highest BCUT2D eigenvalue weighted by molar-refractivity contribution is 5.90. The van der Waals surface area contributed by atoms with Crippen molar-refractivity contribution in [2.75, 3.05) is 32.1 Å². The Labute approximate surface area is 120 Å². The molecule has 1 atom stereocenters. The molecule has 1 aromatic carbocycles. The average molecular weight is 302 g/mol. The van der Waals surface area contributed by atoms with Crippen LogP contribution >= 0.6 is 0 Å². The van der Waals surface area contributed by atoms with Gasteiger partial charge in [-0.3, -0.25) is 0 Å². The van der Waals surface area contributed by atoms with Crippen molar-refractivity contribution in [1.82, 2.24) is 4.90 Å². The Morgan fingerprint density at radius 2 is 2.05 bits per heavy atom. The third-order valence-corrected chi connectivity index (χ3v) is 3.80. The van der Waals surface area contributed by atoms with E-state index >= 15 is 0 Å². The van der Waals surface area contributed by atoms with E-state index in [1.54, 1.807) is 0 Å². The fourth-order valence-corrected chi connectivity index (χ4v) is 2.55. The van der Waals surface area contributed by atoms with Gasteiger partial charge in [0.05, 0.1) is 11.1 Å². The van der Waals surface area contributed by atoms with Crippen LogP contribution < -0.4 is 4.90 Å². The number of nitrogens with zero attached hydrogens (tertiary/aromatic N) is 2. The van der Waals surface area contributed by atoms with Crippen LogP contribution in [0.3, 0.4) is 0 Å². The minimum absolute atomic E-state index is 0.290. The number of alkyl halides is 3. The van der Waals surface area contributed by atoms with Gasteiger partial charge < -0.3 is 14.9 Å². The Morgan fingerprint density at radius 3 is 2.52 bits per heavy atom. The number of hydrogen-bond acceptors (Lipinski definition) is 3. The van der Waals surface area contributed by atoms with Crippen molar-refractivity contribution in [2.45, 2.75) is 18.6 Å². The summed E-state index contributed by atoms with van der Waals surface area (Å²) in [4.78, 5) is 14.8. The first kappa shape index (κ1) is 15.6. The van der Waals surface area contributed by atoms with Crippen molar-refractivity contribution in [3.8, 4) is 0 Å². The lowest BCUT2D eigenvalue weighted by Gasteiger charge is -2.23. The van der Waals surface area contributed by atoms with Crippen LogP contribution in [0, 0.1) is 0 Å². The van der Waals surface area contributed by atoms with E-state index in [4.69, 9.17) is 5.11 Å². The topological polar surface area (TPSA) is 43.8 Å².